The number of amides is 1. The van der Waals surface area contributed by atoms with Crippen molar-refractivity contribution in [2.24, 2.45) is 0 Å². The molecular formula is C25H31N5O2. The fourth-order valence-corrected chi connectivity index (χ4v) is 4.19. The van der Waals surface area contributed by atoms with E-state index in [0.717, 1.165) is 24.5 Å². The lowest BCUT2D eigenvalue weighted by Crippen LogP contribution is -2.40. The molecule has 0 saturated carbocycles. The van der Waals surface area contributed by atoms with Gasteiger partial charge in [0, 0.05) is 18.3 Å². The van der Waals surface area contributed by atoms with Gasteiger partial charge in [-0.15, -0.1) is 0 Å². The minimum absolute atomic E-state index is 0.215. The molecule has 1 saturated heterocycles. The molecule has 4 rings (SSSR count). The minimum Gasteiger partial charge on any atom is -0.491 e. The molecule has 1 aliphatic heterocycles. The summed E-state index contributed by atoms with van der Waals surface area (Å²) in [4.78, 5) is 19.8. The van der Waals surface area contributed by atoms with E-state index in [1.165, 1.54) is 19.3 Å². The van der Waals surface area contributed by atoms with Crippen molar-refractivity contribution in [1.82, 2.24) is 19.7 Å². The van der Waals surface area contributed by atoms with Gasteiger partial charge in [-0.3, -0.25) is 9.69 Å². The quantitative estimate of drug-likeness (QED) is 0.598. The van der Waals surface area contributed by atoms with E-state index in [2.05, 4.69) is 27.2 Å². The van der Waals surface area contributed by atoms with Crippen molar-refractivity contribution in [3.05, 3.63) is 65.6 Å². The van der Waals surface area contributed by atoms with Gasteiger partial charge in [0.25, 0.3) is 5.91 Å². The first kappa shape index (κ1) is 22.0. The molecule has 1 unspecified atom stereocenters. The molecule has 1 fully saturated rings. The molecule has 2 aromatic heterocycles. The number of ether oxygens (including phenoxy) is 1. The Hall–Kier alpha value is -3.19. The number of nitrogens with zero attached hydrogens (tertiary/aromatic N) is 4. The Morgan fingerprint density at radius 3 is 2.75 bits per heavy atom. The highest BCUT2D eigenvalue weighted by atomic mass is 16.5. The van der Waals surface area contributed by atoms with Crippen LogP contribution in [0.5, 0.6) is 5.75 Å². The van der Waals surface area contributed by atoms with Gasteiger partial charge in [0.15, 0.2) is 5.82 Å². The number of rotatable bonds is 7. The summed E-state index contributed by atoms with van der Waals surface area (Å²) in [5.41, 5.74) is 3.09. The Balaban J connectivity index is 1.38. The van der Waals surface area contributed by atoms with Gasteiger partial charge < -0.3 is 10.1 Å². The number of aromatic nitrogens is 3. The van der Waals surface area contributed by atoms with E-state index < -0.39 is 0 Å². The second-order valence-electron chi connectivity index (χ2n) is 8.42. The molecule has 0 aliphatic carbocycles. The molecule has 0 bridgehead atoms. The molecule has 7 heteroatoms. The van der Waals surface area contributed by atoms with E-state index in [-0.39, 0.29) is 5.91 Å². The van der Waals surface area contributed by atoms with Crippen molar-refractivity contribution in [2.75, 3.05) is 25.0 Å². The molecule has 1 N–H and O–H groups in total. The van der Waals surface area contributed by atoms with Crippen molar-refractivity contribution in [3.63, 3.8) is 0 Å². The summed E-state index contributed by atoms with van der Waals surface area (Å²) in [7, 11) is 0. The molecule has 1 aliphatic rings. The van der Waals surface area contributed by atoms with Gasteiger partial charge in [-0.1, -0.05) is 18.6 Å². The molecular weight excluding hydrogens is 402 g/mol. The number of carbonyl (C=O) groups is 1. The van der Waals surface area contributed by atoms with Gasteiger partial charge in [-0.25, -0.2) is 9.67 Å². The average Bonchev–Trinajstić information content (AvgIpc) is 3.13. The van der Waals surface area contributed by atoms with E-state index in [4.69, 9.17) is 4.74 Å². The fraction of sp³-hybridized carbons (Fsp3) is 0.400. The van der Waals surface area contributed by atoms with Crippen LogP contribution in [0.2, 0.25) is 0 Å². The van der Waals surface area contributed by atoms with Crippen molar-refractivity contribution >= 4 is 11.6 Å². The topological polar surface area (TPSA) is 72.3 Å². The van der Waals surface area contributed by atoms with Crippen molar-refractivity contribution in [1.29, 1.82) is 0 Å². The second kappa shape index (κ2) is 9.96. The van der Waals surface area contributed by atoms with Crippen LogP contribution in [0, 0.1) is 13.8 Å². The largest absolute Gasteiger partial charge is 0.491 e. The van der Waals surface area contributed by atoms with Crippen LogP contribution in [0.15, 0.2) is 48.7 Å². The van der Waals surface area contributed by atoms with E-state index >= 15 is 0 Å². The van der Waals surface area contributed by atoms with Crippen LogP contribution in [0.3, 0.4) is 0 Å². The number of aryl methyl sites for hydroxylation is 2. The van der Waals surface area contributed by atoms with Gasteiger partial charge in [-0.2, -0.15) is 5.10 Å². The van der Waals surface area contributed by atoms with Gasteiger partial charge in [0.1, 0.15) is 12.4 Å². The summed E-state index contributed by atoms with van der Waals surface area (Å²) in [6.07, 6.45) is 5.44. The molecule has 1 atom stereocenters. The van der Waals surface area contributed by atoms with Gasteiger partial charge >= 0.3 is 0 Å². The molecule has 1 amide bonds. The Bertz CT molecular complexity index is 1060. The molecule has 168 valence electrons. The summed E-state index contributed by atoms with van der Waals surface area (Å²) in [6.45, 7) is 8.76. The van der Waals surface area contributed by atoms with Crippen molar-refractivity contribution < 1.29 is 9.53 Å². The fourth-order valence-electron chi connectivity index (χ4n) is 4.19. The lowest BCUT2D eigenvalue weighted by atomic mass is 10.0. The Kier molecular flexibility index (Phi) is 6.85. The number of benzene rings is 1. The Morgan fingerprint density at radius 2 is 2.03 bits per heavy atom. The van der Waals surface area contributed by atoms with Gasteiger partial charge in [0.2, 0.25) is 0 Å². The summed E-state index contributed by atoms with van der Waals surface area (Å²) in [5, 5.41) is 7.37. The monoisotopic (exact) mass is 433 g/mol. The lowest BCUT2D eigenvalue weighted by molar-refractivity contribution is 0.101. The molecule has 0 spiro atoms. The highest BCUT2D eigenvalue weighted by molar-refractivity contribution is 6.06. The van der Waals surface area contributed by atoms with Gasteiger partial charge in [-0.05, 0) is 70.5 Å². The first-order chi connectivity index (χ1) is 15.5. The van der Waals surface area contributed by atoms with Crippen molar-refractivity contribution in [2.45, 2.75) is 46.1 Å². The van der Waals surface area contributed by atoms with Crippen LogP contribution < -0.4 is 10.1 Å². The number of carbonyl (C=O) groups excluding carboxylic acids is 1. The molecule has 32 heavy (non-hydrogen) atoms. The Labute approximate surface area is 189 Å². The summed E-state index contributed by atoms with van der Waals surface area (Å²) in [5.74, 6) is 1.10. The zero-order valence-corrected chi connectivity index (χ0v) is 19.0. The van der Waals surface area contributed by atoms with Crippen molar-refractivity contribution in [3.8, 4) is 11.6 Å². The number of pyridine rings is 1. The SMILES string of the molecule is Cc1cc(C)n(-c2ccc(NC(=O)c3ccccc3OCCN3CCCCC3C)cn2)n1. The molecule has 3 aromatic rings. The number of likely N-dealkylation sites (tertiary alicyclic amines) is 1. The number of piperidine rings is 1. The summed E-state index contributed by atoms with van der Waals surface area (Å²) < 4.78 is 7.79. The maximum absolute atomic E-state index is 12.9. The zero-order chi connectivity index (χ0) is 22.5. The zero-order valence-electron chi connectivity index (χ0n) is 19.0. The first-order valence-corrected chi connectivity index (χ1v) is 11.3. The first-order valence-electron chi connectivity index (χ1n) is 11.3. The number of hydrogen-bond acceptors (Lipinski definition) is 5. The van der Waals surface area contributed by atoms with Crippen LogP contribution >= 0.6 is 0 Å². The predicted molar refractivity (Wildman–Crippen MR) is 126 cm³/mol. The highest BCUT2D eigenvalue weighted by Gasteiger charge is 2.18. The predicted octanol–water partition coefficient (Wildman–Crippen LogP) is 4.39. The van der Waals surface area contributed by atoms with Crippen LogP contribution in [0.4, 0.5) is 5.69 Å². The second-order valence-corrected chi connectivity index (χ2v) is 8.42. The standard InChI is InChI=1S/C25H31N5O2/c1-18-16-20(3)30(28-18)24-12-11-21(17-26-24)27-25(31)22-9-4-5-10-23(22)32-15-14-29-13-7-6-8-19(29)2/h4-5,9-12,16-17,19H,6-8,13-15H2,1-3H3,(H,27,31). The average molecular weight is 434 g/mol. The number of anilines is 1. The third kappa shape index (κ3) is 5.16. The van der Waals surface area contributed by atoms with Crippen LogP contribution in [-0.4, -0.2) is 51.3 Å². The minimum atomic E-state index is -0.215. The molecule has 1 aromatic carbocycles. The summed E-state index contributed by atoms with van der Waals surface area (Å²) >= 11 is 0. The molecule has 0 radical (unpaired) electrons. The van der Waals surface area contributed by atoms with Crippen LogP contribution in [-0.2, 0) is 0 Å². The van der Waals surface area contributed by atoms with Crippen LogP contribution in [0.25, 0.3) is 5.82 Å². The number of para-hydroxylation sites is 1. The smallest absolute Gasteiger partial charge is 0.259 e. The van der Waals surface area contributed by atoms with E-state index in [1.54, 1.807) is 16.9 Å². The van der Waals surface area contributed by atoms with E-state index in [0.29, 0.717) is 35.5 Å². The molecule has 3 heterocycles. The van der Waals surface area contributed by atoms with Crippen LogP contribution in [0.1, 0.15) is 47.9 Å². The third-order valence-electron chi connectivity index (χ3n) is 5.94. The number of nitrogens with one attached hydrogen (secondary N) is 1. The normalized spacial score (nSPS) is 16.7. The molecule has 7 nitrogen and oxygen atoms in total. The third-order valence-corrected chi connectivity index (χ3v) is 5.94. The lowest BCUT2D eigenvalue weighted by Gasteiger charge is -2.33. The Morgan fingerprint density at radius 1 is 1.19 bits per heavy atom. The van der Waals surface area contributed by atoms with Gasteiger partial charge in [0.05, 0.1) is 23.1 Å². The maximum Gasteiger partial charge on any atom is 0.259 e. The maximum atomic E-state index is 12.9. The summed E-state index contributed by atoms with van der Waals surface area (Å²) in [6, 6.07) is 13.6. The van der Waals surface area contributed by atoms with E-state index in [1.807, 2.05) is 50.2 Å². The highest BCUT2D eigenvalue weighted by Crippen LogP contribution is 2.21. The van der Waals surface area contributed by atoms with E-state index in [9.17, 15) is 4.79 Å². The number of hydrogen-bond donors (Lipinski definition) is 1.